The van der Waals surface area contributed by atoms with Crippen LogP contribution in [0.3, 0.4) is 0 Å². The minimum Gasteiger partial charge on any atom is -0.330 e. The summed E-state index contributed by atoms with van der Waals surface area (Å²) in [7, 11) is 0. The molecule has 2 aromatic heterocycles. The van der Waals surface area contributed by atoms with Crippen LogP contribution < -0.4 is 5.73 Å². The molecule has 0 bridgehead atoms. The summed E-state index contributed by atoms with van der Waals surface area (Å²) in [5.74, 6) is 0. The summed E-state index contributed by atoms with van der Waals surface area (Å²) in [6.45, 7) is 2.77. The summed E-state index contributed by atoms with van der Waals surface area (Å²) in [6, 6.07) is 8.57. The molecule has 0 amide bonds. The second-order valence-electron chi connectivity index (χ2n) is 4.86. The summed E-state index contributed by atoms with van der Waals surface area (Å²) in [6.07, 6.45) is 7.49. The van der Waals surface area contributed by atoms with Gasteiger partial charge in [-0.2, -0.15) is 0 Å². The number of nitrogens with zero attached hydrogens (tertiary/aromatic N) is 3. The Bertz CT molecular complexity index is 713. The first-order valence-corrected chi connectivity index (χ1v) is 6.92. The molecule has 20 heavy (non-hydrogen) atoms. The third kappa shape index (κ3) is 2.30. The van der Waals surface area contributed by atoms with E-state index in [0.717, 1.165) is 35.3 Å². The van der Waals surface area contributed by atoms with Crippen molar-refractivity contribution in [1.29, 1.82) is 0 Å². The predicted molar refractivity (Wildman–Crippen MR) is 80.6 cm³/mol. The van der Waals surface area contributed by atoms with E-state index in [1.54, 1.807) is 6.33 Å². The largest absolute Gasteiger partial charge is 0.330 e. The van der Waals surface area contributed by atoms with Gasteiger partial charge in [0.1, 0.15) is 12.0 Å². The average Bonchev–Trinajstić information content (AvgIpc) is 2.90. The molecule has 0 aliphatic carbocycles. The molecule has 0 spiro atoms. The van der Waals surface area contributed by atoms with Crippen LogP contribution >= 0.6 is 0 Å². The fraction of sp³-hybridized carbons (Fsp3) is 0.250. The molecule has 0 saturated carbocycles. The molecule has 2 N–H and O–H groups in total. The summed E-state index contributed by atoms with van der Waals surface area (Å²) < 4.78 is 1.97. The van der Waals surface area contributed by atoms with E-state index in [0.29, 0.717) is 6.54 Å². The number of hydrogen-bond acceptors (Lipinski definition) is 3. The van der Waals surface area contributed by atoms with Crippen molar-refractivity contribution >= 4 is 5.65 Å². The van der Waals surface area contributed by atoms with Crippen molar-refractivity contribution in [2.75, 3.05) is 6.54 Å². The lowest BCUT2D eigenvalue weighted by Gasteiger charge is -2.04. The Morgan fingerprint density at radius 2 is 2.00 bits per heavy atom. The fourth-order valence-corrected chi connectivity index (χ4v) is 2.36. The number of hydrogen-bond donors (Lipinski definition) is 1. The Hall–Kier alpha value is -2.20. The molecular formula is C16H18N4. The maximum Gasteiger partial charge on any atom is 0.147 e. The van der Waals surface area contributed by atoms with Crippen molar-refractivity contribution in [1.82, 2.24) is 14.4 Å². The van der Waals surface area contributed by atoms with Crippen LogP contribution in [0.4, 0.5) is 0 Å². The van der Waals surface area contributed by atoms with Gasteiger partial charge < -0.3 is 5.73 Å². The minimum absolute atomic E-state index is 0.609. The second-order valence-corrected chi connectivity index (χ2v) is 4.86. The lowest BCUT2D eigenvalue weighted by atomic mass is 10.1. The monoisotopic (exact) mass is 266 g/mol. The van der Waals surface area contributed by atoms with E-state index in [1.807, 2.05) is 16.8 Å². The van der Waals surface area contributed by atoms with Crippen molar-refractivity contribution in [3.63, 3.8) is 0 Å². The van der Waals surface area contributed by atoms with Gasteiger partial charge in [-0.1, -0.05) is 31.2 Å². The van der Waals surface area contributed by atoms with E-state index in [1.165, 1.54) is 5.56 Å². The summed E-state index contributed by atoms with van der Waals surface area (Å²) in [5.41, 5.74) is 11.1. The van der Waals surface area contributed by atoms with Gasteiger partial charge in [-0.05, 0) is 24.1 Å². The highest BCUT2D eigenvalue weighted by Crippen LogP contribution is 2.23. The van der Waals surface area contributed by atoms with Crippen LogP contribution in [0.25, 0.3) is 16.8 Å². The molecule has 1 aromatic carbocycles. The van der Waals surface area contributed by atoms with Gasteiger partial charge in [0.25, 0.3) is 0 Å². The molecule has 102 valence electrons. The summed E-state index contributed by atoms with van der Waals surface area (Å²) in [4.78, 5) is 8.96. The maximum absolute atomic E-state index is 5.60. The van der Waals surface area contributed by atoms with E-state index >= 15 is 0 Å². The zero-order valence-corrected chi connectivity index (χ0v) is 11.6. The number of imidazole rings is 1. The van der Waals surface area contributed by atoms with E-state index in [2.05, 4.69) is 41.2 Å². The maximum atomic E-state index is 5.60. The Balaban J connectivity index is 2.09. The Morgan fingerprint density at radius 1 is 1.20 bits per heavy atom. The van der Waals surface area contributed by atoms with E-state index in [-0.39, 0.29) is 0 Å². The Morgan fingerprint density at radius 3 is 2.70 bits per heavy atom. The topological polar surface area (TPSA) is 56.2 Å². The molecule has 3 aromatic rings. The highest BCUT2D eigenvalue weighted by molar-refractivity contribution is 5.76. The molecule has 0 atom stereocenters. The zero-order chi connectivity index (χ0) is 13.9. The molecule has 4 heteroatoms. The Labute approximate surface area is 118 Å². The molecule has 0 aliphatic rings. The molecule has 0 fully saturated rings. The molecule has 0 radical (unpaired) electrons. The van der Waals surface area contributed by atoms with Crippen LogP contribution in [0.5, 0.6) is 0 Å². The quantitative estimate of drug-likeness (QED) is 0.789. The highest BCUT2D eigenvalue weighted by Gasteiger charge is 2.08. The standard InChI is InChI=1S/C16H18N4/c1-2-12-3-5-13(6-4-12)15-9-18-11-20-10-14(7-8-17)19-16(15)20/h3-6,9-11H,2,7-8,17H2,1H3. The summed E-state index contributed by atoms with van der Waals surface area (Å²) >= 11 is 0. The van der Waals surface area contributed by atoms with Crippen molar-refractivity contribution < 1.29 is 0 Å². The molecule has 0 aliphatic heterocycles. The van der Waals surface area contributed by atoms with E-state index in [4.69, 9.17) is 5.73 Å². The minimum atomic E-state index is 0.609. The smallest absolute Gasteiger partial charge is 0.147 e. The predicted octanol–water partition coefficient (Wildman–Crippen LogP) is 2.46. The first-order valence-electron chi connectivity index (χ1n) is 6.92. The Kier molecular flexibility index (Phi) is 3.48. The molecule has 2 heterocycles. The molecule has 0 unspecified atom stereocenters. The van der Waals surface area contributed by atoms with Gasteiger partial charge in [-0.3, -0.25) is 4.40 Å². The SMILES string of the molecule is CCc1ccc(-c2cncn3cc(CCN)nc23)cc1. The van der Waals surface area contributed by atoms with Crippen molar-refractivity contribution in [2.24, 2.45) is 5.73 Å². The highest BCUT2D eigenvalue weighted by atomic mass is 15.0. The number of fused-ring (bicyclic) bond motifs is 1. The lowest BCUT2D eigenvalue weighted by molar-refractivity contribution is 0.936. The summed E-state index contributed by atoms with van der Waals surface area (Å²) in [5, 5.41) is 0. The van der Waals surface area contributed by atoms with Crippen molar-refractivity contribution in [3.8, 4) is 11.1 Å². The molecule has 3 rings (SSSR count). The third-order valence-electron chi connectivity index (χ3n) is 3.49. The third-order valence-corrected chi connectivity index (χ3v) is 3.49. The van der Waals surface area contributed by atoms with Crippen LogP contribution in [0, 0.1) is 0 Å². The average molecular weight is 266 g/mol. The number of aromatic nitrogens is 3. The fourth-order valence-electron chi connectivity index (χ4n) is 2.36. The van der Waals surface area contributed by atoms with Gasteiger partial charge in [-0.15, -0.1) is 0 Å². The van der Waals surface area contributed by atoms with Crippen LogP contribution in [-0.2, 0) is 12.8 Å². The zero-order valence-electron chi connectivity index (χ0n) is 11.6. The molecular weight excluding hydrogens is 248 g/mol. The lowest BCUT2D eigenvalue weighted by Crippen LogP contribution is -2.02. The number of nitrogens with two attached hydrogens (primary N) is 1. The van der Waals surface area contributed by atoms with E-state index < -0.39 is 0 Å². The van der Waals surface area contributed by atoms with Crippen LogP contribution in [-0.4, -0.2) is 20.9 Å². The number of rotatable bonds is 4. The van der Waals surface area contributed by atoms with Gasteiger partial charge in [0.15, 0.2) is 0 Å². The van der Waals surface area contributed by atoms with E-state index in [9.17, 15) is 0 Å². The number of aryl methyl sites for hydroxylation is 1. The molecule has 4 nitrogen and oxygen atoms in total. The number of benzene rings is 1. The normalized spacial score (nSPS) is 11.1. The van der Waals surface area contributed by atoms with Crippen molar-refractivity contribution in [2.45, 2.75) is 19.8 Å². The van der Waals surface area contributed by atoms with Gasteiger partial charge in [0.2, 0.25) is 0 Å². The van der Waals surface area contributed by atoms with Crippen molar-refractivity contribution in [3.05, 3.63) is 54.2 Å². The first kappa shape index (κ1) is 12.8. The molecule has 0 saturated heterocycles. The van der Waals surface area contributed by atoms with Gasteiger partial charge in [-0.25, -0.2) is 9.97 Å². The van der Waals surface area contributed by atoms with Gasteiger partial charge in [0, 0.05) is 24.4 Å². The second kappa shape index (κ2) is 5.43. The van der Waals surface area contributed by atoms with Crippen LogP contribution in [0.1, 0.15) is 18.2 Å². The van der Waals surface area contributed by atoms with Gasteiger partial charge >= 0.3 is 0 Å². The first-order chi connectivity index (χ1) is 9.81. The van der Waals surface area contributed by atoms with Crippen LogP contribution in [0.15, 0.2) is 43.0 Å². The van der Waals surface area contributed by atoms with Crippen LogP contribution in [0.2, 0.25) is 0 Å². The van der Waals surface area contributed by atoms with Gasteiger partial charge in [0.05, 0.1) is 5.69 Å².